The number of hydrogen-bond donors (Lipinski definition) is 0. The summed E-state index contributed by atoms with van der Waals surface area (Å²) in [6.45, 7) is 8.62. The van der Waals surface area contributed by atoms with Gasteiger partial charge in [-0.1, -0.05) is 6.07 Å². The minimum atomic E-state index is -4.47. The monoisotopic (exact) mass is 344 g/mol. The molecule has 1 fully saturated rings. The Morgan fingerprint density at radius 1 is 1.22 bits per heavy atom. The Kier molecular flexibility index (Phi) is 4.22. The molecule has 1 aromatic carbocycles. The lowest BCUT2D eigenvalue weighted by molar-refractivity contribution is -0.138. The lowest BCUT2D eigenvalue weighted by atomic mass is 10.0. The van der Waals surface area contributed by atoms with Gasteiger partial charge in [0, 0.05) is 6.04 Å². The summed E-state index contributed by atoms with van der Waals surface area (Å²) < 4.78 is 39.4. The average molecular weight is 344 g/mol. The van der Waals surface area contributed by atoms with Crippen LogP contribution in [0.4, 0.5) is 18.9 Å². The maximum Gasteiger partial charge on any atom is 0.416 e. The maximum absolute atomic E-state index is 13.1. The first-order valence-electron chi connectivity index (χ1n) is 7.24. The highest BCUT2D eigenvalue weighted by atomic mass is 32.1. The first kappa shape index (κ1) is 17.7. The lowest BCUT2D eigenvalue weighted by Gasteiger charge is -2.33. The molecular weight excluding hydrogens is 325 g/mol. The number of anilines is 1. The van der Waals surface area contributed by atoms with E-state index >= 15 is 0 Å². The molecule has 1 aliphatic heterocycles. The number of aryl methyl sites for hydroxylation is 1. The third kappa shape index (κ3) is 2.82. The Bertz CT molecular complexity index is 668. The van der Waals surface area contributed by atoms with E-state index in [0.29, 0.717) is 0 Å². The van der Waals surface area contributed by atoms with Crippen molar-refractivity contribution in [2.24, 2.45) is 0 Å². The van der Waals surface area contributed by atoms with Crippen molar-refractivity contribution in [2.45, 2.75) is 52.4 Å². The van der Waals surface area contributed by atoms with Gasteiger partial charge in [0.05, 0.1) is 11.3 Å². The van der Waals surface area contributed by atoms with Crippen LogP contribution in [0.5, 0.6) is 0 Å². The molecule has 0 bridgehead atoms. The van der Waals surface area contributed by atoms with Crippen molar-refractivity contribution in [1.82, 2.24) is 4.90 Å². The molecule has 1 aliphatic rings. The van der Waals surface area contributed by atoms with Gasteiger partial charge in [-0.2, -0.15) is 13.2 Å². The zero-order valence-electron chi connectivity index (χ0n) is 13.7. The SMILES string of the molecule is Cc1ccc(N2C(=O)C(C)(C)N(C(C)C)C2=S)cc1C(F)(F)F. The van der Waals surface area contributed by atoms with Crippen molar-refractivity contribution in [1.29, 1.82) is 0 Å². The van der Waals surface area contributed by atoms with Gasteiger partial charge in [0.15, 0.2) is 5.11 Å². The van der Waals surface area contributed by atoms with Gasteiger partial charge in [-0.05, 0) is 64.5 Å². The highest BCUT2D eigenvalue weighted by Gasteiger charge is 2.50. The molecule has 0 spiro atoms. The summed E-state index contributed by atoms with van der Waals surface area (Å²) in [5.41, 5.74) is -1.39. The summed E-state index contributed by atoms with van der Waals surface area (Å²) in [5, 5.41) is 0.229. The smallest absolute Gasteiger partial charge is 0.332 e. The molecule has 0 atom stereocenters. The van der Waals surface area contributed by atoms with Crippen molar-refractivity contribution in [2.75, 3.05) is 4.90 Å². The van der Waals surface area contributed by atoms with Crippen LogP contribution in [0.25, 0.3) is 0 Å². The second-order valence-corrected chi connectivity index (χ2v) is 6.81. The molecule has 23 heavy (non-hydrogen) atoms. The predicted octanol–water partition coefficient (Wildman–Crippen LogP) is 4.13. The summed E-state index contributed by atoms with van der Waals surface area (Å²) in [4.78, 5) is 15.7. The van der Waals surface area contributed by atoms with Gasteiger partial charge in [0.1, 0.15) is 5.54 Å². The highest BCUT2D eigenvalue weighted by Crippen LogP contribution is 2.38. The molecule has 0 aromatic heterocycles. The Morgan fingerprint density at radius 2 is 1.78 bits per heavy atom. The third-order valence-electron chi connectivity index (χ3n) is 4.03. The number of rotatable bonds is 2. The van der Waals surface area contributed by atoms with Crippen LogP contribution in [0.2, 0.25) is 0 Å². The average Bonchev–Trinajstić information content (AvgIpc) is 2.55. The van der Waals surface area contributed by atoms with Gasteiger partial charge in [-0.25, -0.2) is 0 Å². The Balaban J connectivity index is 2.55. The van der Waals surface area contributed by atoms with E-state index in [1.807, 2.05) is 13.8 Å². The molecule has 1 aromatic rings. The van der Waals surface area contributed by atoms with Crippen molar-refractivity contribution < 1.29 is 18.0 Å². The summed E-state index contributed by atoms with van der Waals surface area (Å²) in [6, 6.07) is 3.80. The molecule has 0 radical (unpaired) electrons. The van der Waals surface area contributed by atoms with Crippen LogP contribution in [0.3, 0.4) is 0 Å². The quantitative estimate of drug-likeness (QED) is 0.754. The molecule has 0 saturated carbocycles. The normalized spacial score (nSPS) is 18.3. The van der Waals surface area contributed by atoms with Crippen molar-refractivity contribution in [3.05, 3.63) is 29.3 Å². The third-order valence-corrected chi connectivity index (χ3v) is 4.41. The molecule has 7 heteroatoms. The summed E-state index contributed by atoms with van der Waals surface area (Å²) in [6.07, 6.45) is -4.47. The number of hydrogen-bond acceptors (Lipinski definition) is 2. The van der Waals surface area contributed by atoms with E-state index in [2.05, 4.69) is 0 Å². The summed E-state index contributed by atoms with van der Waals surface area (Å²) in [7, 11) is 0. The van der Waals surface area contributed by atoms with Gasteiger partial charge < -0.3 is 4.90 Å². The van der Waals surface area contributed by atoms with Gasteiger partial charge in [-0.15, -0.1) is 0 Å². The van der Waals surface area contributed by atoms with Crippen LogP contribution >= 0.6 is 12.2 Å². The number of nitrogens with zero attached hydrogens (tertiary/aromatic N) is 2. The molecule has 0 unspecified atom stereocenters. The zero-order valence-corrected chi connectivity index (χ0v) is 14.5. The van der Waals surface area contributed by atoms with E-state index in [-0.39, 0.29) is 28.3 Å². The molecule has 3 nitrogen and oxygen atoms in total. The number of carbonyl (C=O) groups is 1. The van der Waals surface area contributed by atoms with E-state index in [1.54, 1.807) is 18.7 Å². The predicted molar refractivity (Wildman–Crippen MR) is 87.3 cm³/mol. The molecule has 2 rings (SSSR count). The van der Waals surface area contributed by atoms with Crippen LogP contribution in [0.15, 0.2) is 18.2 Å². The number of benzene rings is 1. The van der Waals surface area contributed by atoms with E-state index in [9.17, 15) is 18.0 Å². The fourth-order valence-electron chi connectivity index (χ4n) is 2.96. The molecule has 1 heterocycles. The van der Waals surface area contributed by atoms with Gasteiger partial charge in [0.2, 0.25) is 0 Å². The second kappa shape index (κ2) is 5.47. The molecule has 0 aliphatic carbocycles. The number of thiocarbonyl (C=S) groups is 1. The van der Waals surface area contributed by atoms with E-state index in [1.165, 1.54) is 24.0 Å². The van der Waals surface area contributed by atoms with Gasteiger partial charge >= 0.3 is 6.18 Å². The van der Waals surface area contributed by atoms with E-state index in [4.69, 9.17) is 12.2 Å². The largest absolute Gasteiger partial charge is 0.416 e. The molecule has 1 amide bonds. The Labute approximate surface area is 139 Å². The number of carbonyl (C=O) groups excluding carboxylic acids is 1. The van der Waals surface area contributed by atoms with Crippen molar-refractivity contribution in [3.8, 4) is 0 Å². The summed E-state index contributed by atoms with van der Waals surface area (Å²) >= 11 is 5.37. The second-order valence-electron chi connectivity index (χ2n) is 6.44. The summed E-state index contributed by atoms with van der Waals surface area (Å²) in [5.74, 6) is -0.326. The Hall–Kier alpha value is -1.63. The van der Waals surface area contributed by atoms with Crippen LogP contribution in [-0.2, 0) is 11.0 Å². The topological polar surface area (TPSA) is 23.6 Å². The van der Waals surface area contributed by atoms with Crippen LogP contribution < -0.4 is 4.90 Å². The maximum atomic E-state index is 13.1. The number of alkyl halides is 3. The van der Waals surface area contributed by atoms with E-state index in [0.717, 1.165) is 6.07 Å². The van der Waals surface area contributed by atoms with Gasteiger partial charge in [0.25, 0.3) is 5.91 Å². The molecular formula is C16H19F3N2OS. The molecule has 126 valence electrons. The first-order chi connectivity index (χ1) is 10.4. The number of halogens is 3. The first-order valence-corrected chi connectivity index (χ1v) is 7.65. The lowest BCUT2D eigenvalue weighted by Crippen LogP contribution is -2.47. The molecule has 0 N–H and O–H groups in total. The molecule has 1 saturated heterocycles. The van der Waals surface area contributed by atoms with Crippen molar-refractivity contribution >= 4 is 28.9 Å². The van der Waals surface area contributed by atoms with Gasteiger partial charge in [-0.3, -0.25) is 9.69 Å². The highest BCUT2D eigenvalue weighted by molar-refractivity contribution is 7.80. The fraction of sp³-hybridized carbons (Fsp3) is 0.500. The minimum absolute atomic E-state index is 0.0426. The standard InChI is InChI=1S/C16H19F3N2OS/c1-9(2)21-14(23)20(13(22)15(21,4)5)11-7-6-10(3)12(8-11)16(17,18)19/h6-9H,1-5H3. The van der Waals surface area contributed by atoms with Crippen LogP contribution in [0, 0.1) is 6.92 Å². The van der Waals surface area contributed by atoms with Crippen LogP contribution in [-0.4, -0.2) is 27.5 Å². The fourth-order valence-corrected chi connectivity index (χ4v) is 3.59. The Morgan fingerprint density at radius 3 is 2.22 bits per heavy atom. The van der Waals surface area contributed by atoms with Crippen LogP contribution in [0.1, 0.15) is 38.8 Å². The van der Waals surface area contributed by atoms with E-state index < -0.39 is 17.3 Å². The zero-order chi connectivity index (χ0) is 17.7. The minimum Gasteiger partial charge on any atom is -0.332 e. The van der Waals surface area contributed by atoms with Crippen molar-refractivity contribution in [3.63, 3.8) is 0 Å². The number of amides is 1.